The number of aromatic nitrogens is 1. The van der Waals surface area contributed by atoms with Crippen molar-refractivity contribution in [1.29, 1.82) is 0 Å². The first-order valence-corrected chi connectivity index (χ1v) is 9.53. The standard InChI is InChI=1S/C18H22ClN3O2S.2ClH/c1-18(11-20)6-7-22(12-18)17(23)8-14-10-25-16(21-14)9-24-15-4-2-13(19)3-5-15;;/h2-5,10H,6-9,11-12,20H2,1H3;2*1H. The van der Waals surface area contributed by atoms with Gasteiger partial charge in [-0.05, 0) is 42.6 Å². The molecule has 1 aliphatic heterocycles. The molecule has 0 saturated carbocycles. The average Bonchev–Trinajstić information content (AvgIpc) is 3.22. The molecular weight excluding hydrogens is 429 g/mol. The highest BCUT2D eigenvalue weighted by Crippen LogP contribution is 2.29. The SMILES string of the molecule is CC1(CN)CCN(C(=O)Cc2csc(COc3ccc(Cl)cc3)n2)C1.Cl.Cl. The summed E-state index contributed by atoms with van der Waals surface area (Å²) in [5.74, 6) is 0.864. The highest BCUT2D eigenvalue weighted by Gasteiger charge is 2.34. The van der Waals surface area contributed by atoms with Crippen molar-refractivity contribution in [3.05, 3.63) is 45.4 Å². The third-order valence-electron chi connectivity index (χ3n) is 4.51. The molecular formula is C18H24Cl3N3O2S. The van der Waals surface area contributed by atoms with Gasteiger partial charge >= 0.3 is 0 Å². The Balaban J connectivity index is 0.00000182. The molecule has 1 saturated heterocycles. The van der Waals surface area contributed by atoms with Crippen LogP contribution >= 0.6 is 47.8 Å². The smallest absolute Gasteiger partial charge is 0.228 e. The average molecular weight is 453 g/mol. The van der Waals surface area contributed by atoms with Gasteiger partial charge in [0.2, 0.25) is 5.91 Å². The van der Waals surface area contributed by atoms with Gasteiger partial charge in [-0.25, -0.2) is 4.98 Å². The second-order valence-electron chi connectivity index (χ2n) is 6.73. The Hall–Kier alpha value is -1.05. The molecule has 1 aromatic carbocycles. The van der Waals surface area contributed by atoms with E-state index in [2.05, 4.69) is 11.9 Å². The number of rotatable bonds is 6. The summed E-state index contributed by atoms with van der Waals surface area (Å²) < 4.78 is 5.69. The molecule has 1 amide bonds. The molecule has 1 atom stereocenters. The van der Waals surface area contributed by atoms with Gasteiger partial charge in [0, 0.05) is 23.5 Å². The molecule has 2 N–H and O–H groups in total. The predicted molar refractivity (Wildman–Crippen MR) is 114 cm³/mol. The van der Waals surface area contributed by atoms with E-state index in [1.54, 1.807) is 12.1 Å². The molecule has 0 bridgehead atoms. The third-order valence-corrected chi connectivity index (χ3v) is 5.63. The number of nitrogens with zero attached hydrogens (tertiary/aromatic N) is 2. The number of hydrogen-bond acceptors (Lipinski definition) is 5. The lowest BCUT2D eigenvalue weighted by Gasteiger charge is -2.22. The van der Waals surface area contributed by atoms with Crippen LogP contribution in [0.2, 0.25) is 5.02 Å². The number of carbonyl (C=O) groups is 1. The molecule has 1 aromatic heterocycles. The van der Waals surface area contributed by atoms with Crippen molar-refractivity contribution in [2.45, 2.75) is 26.4 Å². The Morgan fingerprint density at radius 2 is 2.07 bits per heavy atom. The maximum absolute atomic E-state index is 12.4. The van der Waals surface area contributed by atoms with E-state index in [4.69, 9.17) is 22.1 Å². The van der Waals surface area contributed by atoms with Gasteiger partial charge in [-0.3, -0.25) is 4.79 Å². The zero-order valence-corrected chi connectivity index (χ0v) is 18.2. The monoisotopic (exact) mass is 451 g/mol. The molecule has 150 valence electrons. The summed E-state index contributed by atoms with van der Waals surface area (Å²) in [4.78, 5) is 18.8. The fourth-order valence-electron chi connectivity index (χ4n) is 2.84. The fourth-order valence-corrected chi connectivity index (χ4v) is 3.67. The van der Waals surface area contributed by atoms with E-state index in [1.165, 1.54) is 11.3 Å². The summed E-state index contributed by atoms with van der Waals surface area (Å²) >= 11 is 7.36. The zero-order chi connectivity index (χ0) is 17.9. The number of thiazole rings is 1. The summed E-state index contributed by atoms with van der Waals surface area (Å²) in [5, 5.41) is 3.46. The Labute approximate surface area is 181 Å². The minimum absolute atomic E-state index is 0. The van der Waals surface area contributed by atoms with E-state index in [-0.39, 0.29) is 36.1 Å². The number of carbonyl (C=O) groups excluding carboxylic acids is 1. The van der Waals surface area contributed by atoms with Gasteiger partial charge in [-0.2, -0.15) is 0 Å². The number of amides is 1. The second kappa shape index (κ2) is 10.5. The lowest BCUT2D eigenvalue weighted by molar-refractivity contribution is -0.129. The van der Waals surface area contributed by atoms with Crippen molar-refractivity contribution < 1.29 is 9.53 Å². The molecule has 0 aliphatic carbocycles. The van der Waals surface area contributed by atoms with Crippen LogP contribution in [0.5, 0.6) is 5.75 Å². The summed E-state index contributed by atoms with van der Waals surface area (Å²) in [6.45, 7) is 4.65. The van der Waals surface area contributed by atoms with Crippen LogP contribution in [0, 0.1) is 5.41 Å². The largest absolute Gasteiger partial charge is 0.486 e. The number of ether oxygens (including phenoxy) is 1. The molecule has 0 spiro atoms. The van der Waals surface area contributed by atoms with Crippen LogP contribution in [0.3, 0.4) is 0 Å². The van der Waals surface area contributed by atoms with Crippen LogP contribution in [-0.4, -0.2) is 35.4 Å². The van der Waals surface area contributed by atoms with Crippen molar-refractivity contribution in [1.82, 2.24) is 9.88 Å². The van der Waals surface area contributed by atoms with Gasteiger partial charge in [-0.1, -0.05) is 18.5 Å². The van der Waals surface area contributed by atoms with Crippen molar-refractivity contribution >= 4 is 53.7 Å². The van der Waals surface area contributed by atoms with Crippen LogP contribution in [-0.2, 0) is 17.8 Å². The summed E-state index contributed by atoms with van der Waals surface area (Å²) in [7, 11) is 0. The second-order valence-corrected chi connectivity index (χ2v) is 8.11. The highest BCUT2D eigenvalue weighted by molar-refractivity contribution is 7.09. The lowest BCUT2D eigenvalue weighted by Crippen LogP contribution is -2.35. The van der Waals surface area contributed by atoms with Gasteiger partial charge in [0.15, 0.2) is 0 Å². The van der Waals surface area contributed by atoms with Crippen molar-refractivity contribution in [2.24, 2.45) is 11.1 Å². The van der Waals surface area contributed by atoms with Crippen LogP contribution in [0.4, 0.5) is 0 Å². The number of hydrogen-bond donors (Lipinski definition) is 1. The van der Waals surface area contributed by atoms with Crippen molar-refractivity contribution in [2.75, 3.05) is 19.6 Å². The zero-order valence-electron chi connectivity index (χ0n) is 15.0. The van der Waals surface area contributed by atoms with Crippen molar-refractivity contribution in [3.63, 3.8) is 0 Å². The maximum Gasteiger partial charge on any atom is 0.228 e. The first kappa shape index (κ1) is 24.0. The van der Waals surface area contributed by atoms with Crippen LogP contribution in [0.1, 0.15) is 24.0 Å². The Morgan fingerprint density at radius 3 is 2.70 bits per heavy atom. The molecule has 3 rings (SSSR count). The van der Waals surface area contributed by atoms with E-state index in [0.717, 1.165) is 36.0 Å². The number of nitrogens with two attached hydrogens (primary N) is 1. The quantitative estimate of drug-likeness (QED) is 0.720. The summed E-state index contributed by atoms with van der Waals surface area (Å²) in [6.07, 6.45) is 1.30. The van der Waals surface area contributed by atoms with E-state index >= 15 is 0 Å². The normalized spacial score (nSPS) is 18.6. The molecule has 27 heavy (non-hydrogen) atoms. The van der Waals surface area contributed by atoms with Crippen molar-refractivity contribution in [3.8, 4) is 5.75 Å². The van der Waals surface area contributed by atoms with E-state index in [0.29, 0.717) is 24.6 Å². The molecule has 5 nitrogen and oxygen atoms in total. The van der Waals surface area contributed by atoms with Crippen LogP contribution in [0.25, 0.3) is 0 Å². The Morgan fingerprint density at radius 1 is 1.37 bits per heavy atom. The predicted octanol–water partition coefficient (Wildman–Crippen LogP) is 3.96. The molecule has 1 unspecified atom stereocenters. The minimum Gasteiger partial charge on any atom is -0.486 e. The van der Waals surface area contributed by atoms with E-state index in [9.17, 15) is 4.79 Å². The first-order chi connectivity index (χ1) is 12.0. The first-order valence-electron chi connectivity index (χ1n) is 8.27. The topological polar surface area (TPSA) is 68.5 Å². The molecule has 1 aliphatic rings. The third kappa shape index (κ3) is 6.50. The minimum atomic E-state index is 0. The van der Waals surface area contributed by atoms with Gasteiger partial charge in [-0.15, -0.1) is 36.2 Å². The molecule has 2 aromatic rings. The molecule has 9 heteroatoms. The van der Waals surface area contributed by atoms with Gasteiger partial charge in [0.1, 0.15) is 17.4 Å². The van der Waals surface area contributed by atoms with E-state index in [1.807, 2.05) is 22.4 Å². The highest BCUT2D eigenvalue weighted by atomic mass is 35.5. The van der Waals surface area contributed by atoms with Gasteiger partial charge in [0.25, 0.3) is 0 Å². The number of benzene rings is 1. The number of halogens is 3. The van der Waals surface area contributed by atoms with Gasteiger partial charge in [0.05, 0.1) is 12.1 Å². The number of likely N-dealkylation sites (tertiary alicyclic amines) is 1. The Kier molecular flexibility index (Phi) is 9.31. The van der Waals surface area contributed by atoms with E-state index < -0.39 is 0 Å². The van der Waals surface area contributed by atoms with Crippen LogP contribution in [0.15, 0.2) is 29.6 Å². The summed E-state index contributed by atoms with van der Waals surface area (Å²) in [6, 6.07) is 7.21. The van der Waals surface area contributed by atoms with Crippen LogP contribution < -0.4 is 10.5 Å². The Bertz CT molecular complexity index is 742. The molecule has 1 fully saturated rings. The summed E-state index contributed by atoms with van der Waals surface area (Å²) in [5.41, 5.74) is 6.65. The fraction of sp³-hybridized carbons (Fsp3) is 0.444. The maximum atomic E-state index is 12.4. The molecule has 0 radical (unpaired) electrons. The van der Waals surface area contributed by atoms with Gasteiger partial charge < -0.3 is 15.4 Å². The molecule has 2 heterocycles. The lowest BCUT2D eigenvalue weighted by atomic mass is 9.90.